The number of aromatic nitrogens is 1. The van der Waals surface area contributed by atoms with E-state index in [1.807, 2.05) is 30.6 Å². The Morgan fingerprint density at radius 3 is 2.61 bits per heavy atom. The van der Waals surface area contributed by atoms with Crippen LogP contribution in [0.25, 0.3) is 0 Å². The second-order valence-corrected chi connectivity index (χ2v) is 4.59. The molecule has 1 aromatic heterocycles. The minimum Gasteiger partial charge on any atom is -0.481 e. The first-order valence-corrected chi connectivity index (χ1v) is 6.13. The van der Waals surface area contributed by atoms with Crippen molar-refractivity contribution in [3.8, 4) is 0 Å². The van der Waals surface area contributed by atoms with Crippen LogP contribution < -0.4 is 0 Å². The Hall–Kier alpha value is -1.74. The predicted molar refractivity (Wildman–Crippen MR) is 70.9 cm³/mol. The van der Waals surface area contributed by atoms with Crippen molar-refractivity contribution in [1.29, 1.82) is 0 Å². The molecule has 0 aliphatic rings. The summed E-state index contributed by atoms with van der Waals surface area (Å²) < 4.78 is 2.07. The first-order chi connectivity index (χ1) is 8.65. The number of hydrogen-bond donors (Lipinski definition) is 1. The Labute approximate surface area is 111 Å². The summed E-state index contributed by atoms with van der Waals surface area (Å²) in [6.07, 6.45) is 4.80. The van der Waals surface area contributed by atoms with E-state index in [1.165, 1.54) is 0 Å². The smallest absolute Gasteiger partial charge is 0.307 e. The quantitative estimate of drug-likeness (QED) is 0.901. The molecule has 0 saturated heterocycles. The lowest BCUT2D eigenvalue weighted by atomic mass is 10.0. The van der Waals surface area contributed by atoms with Gasteiger partial charge in [-0.1, -0.05) is 17.7 Å². The maximum atomic E-state index is 10.8. The first kappa shape index (κ1) is 12.7. The van der Waals surface area contributed by atoms with Crippen LogP contribution in [0.3, 0.4) is 0 Å². The Morgan fingerprint density at radius 1 is 1.22 bits per heavy atom. The summed E-state index contributed by atoms with van der Waals surface area (Å²) in [5.74, 6) is -0.834. The molecule has 0 aliphatic carbocycles. The number of carbonyl (C=O) groups is 1. The standard InChI is InChI=1S/C14H14ClNO2/c15-13-4-3-11(12(9-13)10-14(17)18)5-8-16-6-1-2-7-16/h1-4,6-7,9H,5,8,10H2,(H,17,18). The monoisotopic (exact) mass is 263 g/mol. The van der Waals surface area contributed by atoms with Crippen molar-refractivity contribution < 1.29 is 9.90 Å². The molecule has 1 aromatic carbocycles. The third-order valence-corrected chi connectivity index (χ3v) is 3.05. The van der Waals surface area contributed by atoms with Crippen molar-refractivity contribution in [2.24, 2.45) is 0 Å². The zero-order valence-corrected chi connectivity index (χ0v) is 10.6. The number of rotatable bonds is 5. The zero-order valence-electron chi connectivity index (χ0n) is 9.84. The van der Waals surface area contributed by atoms with Crippen molar-refractivity contribution in [1.82, 2.24) is 4.57 Å². The zero-order chi connectivity index (χ0) is 13.0. The van der Waals surface area contributed by atoms with E-state index in [1.54, 1.807) is 12.1 Å². The lowest BCUT2D eigenvalue weighted by molar-refractivity contribution is -0.136. The maximum Gasteiger partial charge on any atom is 0.307 e. The molecule has 1 heterocycles. The fourth-order valence-corrected chi connectivity index (χ4v) is 2.13. The number of halogens is 1. The molecule has 0 atom stereocenters. The molecule has 3 nitrogen and oxygen atoms in total. The number of nitrogens with zero attached hydrogens (tertiary/aromatic N) is 1. The maximum absolute atomic E-state index is 10.8. The number of carboxylic acid groups (broad SMARTS) is 1. The van der Waals surface area contributed by atoms with Crippen molar-refractivity contribution in [3.05, 3.63) is 58.9 Å². The Morgan fingerprint density at radius 2 is 1.94 bits per heavy atom. The molecular formula is C14H14ClNO2. The minimum atomic E-state index is -0.834. The van der Waals surface area contributed by atoms with Gasteiger partial charge in [-0.05, 0) is 41.8 Å². The molecule has 2 rings (SSSR count). The molecular weight excluding hydrogens is 250 g/mol. The van der Waals surface area contributed by atoms with E-state index in [0.717, 1.165) is 24.1 Å². The van der Waals surface area contributed by atoms with Crippen LogP contribution in [0.15, 0.2) is 42.7 Å². The van der Waals surface area contributed by atoms with Gasteiger partial charge in [-0.25, -0.2) is 0 Å². The molecule has 0 radical (unpaired) electrons. The third kappa shape index (κ3) is 3.37. The predicted octanol–water partition coefficient (Wildman–Crippen LogP) is 3.01. The van der Waals surface area contributed by atoms with Gasteiger partial charge in [0.1, 0.15) is 0 Å². The summed E-state index contributed by atoms with van der Waals surface area (Å²) in [5, 5.41) is 9.47. The molecule has 0 unspecified atom stereocenters. The number of benzene rings is 1. The van der Waals surface area contributed by atoms with Crippen molar-refractivity contribution in [3.63, 3.8) is 0 Å². The summed E-state index contributed by atoms with van der Waals surface area (Å²) in [4.78, 5) is 10.8. The fourth-order valence-electron chi connectivity index (χ4n) is 1.93. The molecule has 0 fully saturated rings. The number of hydrogen-bond acceptors (Lipinski definition) is 1. The highest BCUT2D eigenvalue weighted by Crippen LogP contribution is 2.18. The van der Waals surface area contributed by atoms with Crippen LogP contribution in [0.1, 0.15) is 11.1 Å². The Kier molecular flexibility index (Phi) is 4.05. The van der Waals surface area contributed by atoms with Crippen LogP contribution in [0.4, 0.5) is 0 Å². The molecule has 0 amide bonds. The van der Waals surface area contributed by atoms with Gasteiger partial charge in [0, 0.05) is 24.0 Å². The lowest BCUT2D eigenvalue weighted by Crippen LogP contribution is -2.06. The average molecular weight is 264 g/mol. The molecule has 0 bridgehead atoms. The van der Waals surface area contributed by atoms with Crippen LogP contribution in [-0.4, -0.2) is 15.6 Å². The highest BCUT2D eigenvalue weighted by atomic mass is 35.5. The highest BCUT2D eigenvalue weighted by Gasteiger charge is 2.07. The SMILES string of the molecule is O=C(O)Cc1cc(Cl)ccc1CCn1cccc1. The normalized spacial score (nSPS) is 10.5. The summed E-state index contributed by atoms with van der Waals surface area (Å²) in [6, 6.07) is 9.39. The van der Waals surface area contributed by atoms with Crippen LogP contribution in [0.5, 0.6) is 0 Å². The van der Waals surface area contributed by atoms with E-state index in [4.69, 9.17) is 16.7 Å². The molecule has 0 spiro atoms. The van der Waals surface area contributed by atoms with Gasteiger partial charge in [-0.3, -0.25) is 4.79 Å². The third-order valence-electron chi connectivity index (χ3n) is 2.82. The van der Waals surface area contributed by atoms with Crippen LogP contribution in [-0.2, 0) is 24.2 Å². The Balaban J connectivity index is 2.13. The Bertz CT molecular complexity index is 535. The summed E-state index contributed by atoms with van der Waals surface area (Å²) in [6.45, 7) is 0.835. The van der Waals surface area contributed by atoms with Crippen LogP contribution in [0.2, 0.25) is 5.02 Å². The molecule has 0 aliphatic heterocycles. The van der Waals surface area contributed by atoms with Crippen molar-refractivity contribution in [2.75, 3.05) is 0 Å². The minimum absolute atomic E-state index is 0.0154. The van der Waals surface area contributed by atoms with Crippen molar-refractivity contribution >= 4 is 17.6 Å². The van der Waals surface area contributed by atoms with Crippen molar-refractivity contribution in [2.45, 2.75) is 19.4 Å². The van der Waals surface area contributed by atoms with Gasteiger partial charge in [0.15, 0.2) is 0 Å². The number of aliphatic carboxylic acids is 1. The van der Waals surface area contributed by atoms with Gasteiger partial charge < -0.3 is 9.67 Å². The van der Waals surface area contributed by atoms with Crippen LogP contribution in [0, 0.1) is 0 Å². The van der Waals surface area contributed by atoms with Gasteiger partial charge in [-0.2, -0.15) is 0 Å². The first-order valence-electron chi connectivity index (χ1n) is 5.75. The summed E-state index contributed by atoms with van der Waals surface area (Å²) in [5.41, 5.74) is 1.83. The number of carboxylic acids is 1. The van der Waals surface area contributed by atoms with Gasteiger partial charge in [0.2, 0.25) is 0 Å². The largest absolute Gasteiger partial charge is 0.481 e. The van der Waals surface area contributed by atoms with E-state index >= 15 is 0 Å². The molecule has 18 heavy (non-hydrogen) atoms. The highest BCUT2D eigenvalue weighted by molar-refractivity contribution is 6.30. The van der Waals surface area contributed by atoms with E-state index in [9.17, 15) is 4.79 Å². The van der Waals surface area contributed by atoms with Gasteiger partial charge in [0.05, 0.1) is 6.42 Å². The molecule has 2 aromatic rings. The number of aryl methyl sites for hydroxylation is 2. The van der Waals surface area contributed by atoms with E-state index < -0.39 is 5.97 Å². The summed E-state index contributed by atoms with van der Waals surface area (Å²) in [7, 11) is 0. The fraction of sp³-hybridized carbons (Fsp3) is 0.214. The van der Waals surface area contributed by atoms with Gasteiger partial charge >= 0.3 is 5.97 Å². The summed E-state index contributed by atoms with van der Waals surface area (Å²) >= 11 is 5.90. The van der Waals surface area contributed by atoms with E-state index in [2.05, 4.69) is 4.57 Å². The average Bonchev–Trinajstić information content (AvgIpc) is 2.80. The van der Waals surface area contributed by atoms with Crippen LogP contribution >= 0.6 is 11.6 Å². The van der Waals surface area contributed by atoms with Gasteiger partial charge in [-0.15, -0.1) is 0 Å². The molecule has 4 heteroatoms. The van der Waals surface area contributed by atoms with Gasteiger partial charge in [0.25, 0.3) is 0 Å². The second kappa shape index (κ2) is 5.74. The molecule has 94 valence electrons. The molecule has 0 saturated carbocycles. The second-order valence-electron chi connectivity index (χ2n) is 4.15. The lowest BCUT2D eigenvalue weighted by Gasteiger charge is -2.09. The molecule has 1 N–H and O–H groups in total. The van der Waals surface area contributed by atoms with E-state index in [0.29, 0.717) is 5.02 Å². The van der Waals surface area contributed by atoms with E-state index in [-0.39, 0.29) is 6.42 Å². The topological polar surface area (TPSA) is 42.2 Å².